The summed E-state index contributed by atoms with van der Waals surface area (Å²) in [6.45, 7) is 5.18. The zero-order valence-corrected chi connectivity index (χ0v) is 14.0. The largest absolute Gasteiger partial charge is 0.497 e. The van der Waals surface area contributed by atoms with Crippen molar-refractivity contribution in [2.75, 3.05) is 13.7 Å². The molecule has 2 rings (SSSR count). The molecule has 1 atom stereocenters. The third-order valence-electron chi connectivity index (χ3n) is 3.46. The average Bonchev–Trinajstić information content (AvgIpc) is 2.55. The Bertz CT molecular complexity index is 579. The molecule has 2 aromatic carbocycles. The Hall–Kier alpha value is -2.04. The van der Waals surface area contributed by atoms with Crippen LogP contribution in [-0.2, 0) is 6.54 Å². The van der Waals surface area contributed by atoms with Crippen molar-refractivity contribution < 1.29 is 14.6 Å². The van der Waals surface area contributed by atoms with Crippen molar-refractivity contribution in [3.63, 3.8) is 0 Å². The van der Waals surface area contributed by atoms with Gasteiger partial charge in [0.2, 0.25) is 0 Å². The molecule has 4 nitrogen and oxygen atoms in total. The minimum atomic E-state index is -0.540. The lowest BCUT2D eigenvalue weighted by molar-refractivity contribution is 0.174. The van der Waals surface area contributed by atoms with Gasteiger partial charge in [0.05, 0.1) is 19.3 Å². The van der Waals surface area contributed by atoms with Crippen molar-refractivity contribution >= 4 is 0 Å². The second-order valence-corrected chi connectivity index (χ2v) is 5.73. The fourth-order valence-electron chi connectivity index (χ4n) is 2.26. The summed E-state index contributed by atoms with van der Waals surface area (Å²) in [4.78, 5) is 0. The third-order valence-corrected chi connectivity index (χ3v) is 3.46. The highest BCUT2D eigenvalue weighted by atomic mass is 16.5. The van der Waals surface area contributed by atoms with Crippen LogP contribution in [0.4, 0.5) is 0 Å². The standard InChI is InChI=1S/C19H25NO3/c1-14(2)23-18-10-6-16(7-11-18)19(21)13-20-12-15-4-8-17(22-3)9-5-15/h4-11,14,19-21H,12-13H2,1-3H3. The maximum atomic E-state index is 10.2. The van der Waals surface area contributed by atoms with Crippen molar-refractivity contribution in [3.05, 3.63) is 59.7 Å². The summed E-state index contributed by atoms with van der Waals surface area (Å²) in [6, 6.07) is 15.5. The van der Waals surface area contributed by atoms with Crippen molar-refractivity contribution in [3.8, 4) is 11.5 Å². The predicted molar refractivity (Wildman–Crippen MR) is 91.9 cm³/mol. The summed E-state index contributed by atoms with van der Waals surface area (Å²) < 4.78 is 10.7. The molecule has 0 amide bonds. The zero-order chi connectivity index (χ0) is 16.7. The van der Waals surface area contributed by atoms with Crippen LogP contribution in [0, 0.1) is 0 Å². The highest BCUT2D eigenvalue weighted by Gasteiger charge is 2.07. The first kappa shape index (κ1) is 17.3. The molecule has 0 aromatic heterocycles. The summed E-state index contributed by atoms with van der Waals surface area (Å²) in [5.41, 5.74) is 2.03. The highest BCUT2D eigenvalue weighted by molar-refractivity contribution is 5.29. The van der Waals surface area contributed by atoms with Crippen LogP contribution < -0.4 is 14.8 Å². The summed E-state index contributed by atoms with van der Waals surface area (Å²) in [7, 11) is 1.65. The monoisotopic (exact) mass is 315 g/mol. The van der Waals surface area contributed by atoms with Crippen LogP contribution >= 0.6 is 0 Å². The minimum Gasteiger partial charge on any atom is -0.497 e. The summed E-state index contributed by atoms with van der Waals surface area (Å²) in [5.74, 6) is 1.67. The first-order valence-corrected chi connectivity index (χ1v) is 7.87. The van der Waals surface area contributed by atoms with Gasteiger partial charge in [0, 0.05) is 13.1 Å². The van der Waals surface area contributed by atoms with Crippen LogP contribution in [0.2, 0.25) is 0 Å². The van der Waals surface area contributed by atoms with Crippen LogP contribution in [0.3, 0.4) is 0 Å². The Balaban J connectivity index is 1.80. The Labute approximate surface area is 138 Å². The van der Waals surface area contributed by atoms with E-state index in [0.29, 0.717) is 13.1 Å². The van der Waals surface area contributed by atoms with Gasteiger partial charge in [-0.2, -0.15) is 0 Å². The maximum absolute atomic E-state index is 10.2. The van der Waals surface area contributed by atoms with E-state index in [0.717, 1.165) is 22.6 Å². The molecule has 0 aliphatic heterocycles. The number of benzene rings is 2. The van der Waals surface area contributed by atoms with Gasteiger partial charge in [0.1, 0.15) is 11.5 Å². The molecule has 0 aliphatic carbocycles. The average molecular weight is 315 g/mol. The molecule has 0 spiro atoms. The number of aliphatic hydroxyl groups excluding tert-OH is 1. The third kappa shape index (κ3) is 5.58. The minimum absolute atomic E-state index is 0.150. The zero-order valence-electron chi connectivity index (χ0n) is 14.0. The van der Waals surface area contributed by atoms with Gasteiger partial charge in [-0.3, -0.25) is 0 Å². The Kier molecular flexibility index (Phi) is 6.44. The van der Waals surface area contributed by atoms with Gasteiger partial charge in [0.25, 0.3) is 0 Å². The van der Waals surface area contributed by atoms with Gasteiger partial charge in [-0.05, 0) is 49.2 Å². The molecular formula is C19H25NO3. The van der Waals surface area contributed by atoms with Gasteiger partial charge < -0.3 is 19.9 Å². The number of ether oxygens (including phenoxy) is 2. The van der Waals surface area contributed by atoms with E-state index in [9.17, 15) is 5.11 Å². The van der Waals surface area contributed by atoms with Crippen molar-refractivity contribution in [1.82, 2.24) is 5.32 Å². The molecule has 2 N–H and O–H groups in total. The lowest BCUT2D eigenvalue weighted by Crippen LogP contribution is -2.21. The van der Waals surface area contributed by atoms with Crippen LogP contribution in [0.15, 0.2) is 48.5 Å². The number of hydrogen-bond acceptors (Lipinski definition) is 4. The molecule has 0 bridgehead atoms. The molecule has 124 valence electrons. The molecular weight excluding hydrogens is 290 g/mol. The maximum Gasteiger partial charge on any atom is 0.119 e. The molecule has 0 aliphatic rings. The van der Waals surface area contributed by atoms with Gasteiger partial charge in [-0.25, -0.2) is 0 Å². The first-order valence-electron chi connectivity index (χ1n) is 7.87. The molecule has 4 heteroatoms. The number of methoxy groups -OCH3 is 1. The van der Waals surface area contributed by atoms with Gasteiger partial charge in [-0.15, -0.1) is 0 Å². The predicted octanol–water partition coefficient (Wildman–Crippen LogP) is 3.31. The van der Waals surface area contributed by atoms with E-state index in [1.54, 1.807) is 7.11 Å². The van der Waals surface area contributed by atoms with E-state index in [-0.39, 0.29) is 6.10 Å². The van der Waals surface area contributed by atoms with E-state index >= 15 is 0 Å². The molecule has 23 heavy (non-hydrogen) atoms. The molecule has 0 saturated heterocycles. The first-order chi connectivity index (χ1) is 11.1. The molecule has 0 saturated carbocycles. The normalized spacial score (nSPS) is 12.2. The SMILES string of the molecule is COc1ccc(CNCC(O)c2ccc(OC(C)C)cc2)cc1. The lowest BCUT2D eigenvalue weighted by Gasteiger charge is -2.14. The molecule has 1 unspecified atom stereocenters. The highest BCUT2D eigenvalue weighted by Crippen LogP contribution is 2.18. The van der Waals surface area contributed by atoms with E-state index in [2.05, 4.69) is 5.32 Å². The molecule has 2 aromatic rings. The Morgan fingerprint density at radius 2 is 1.57 bits per heavy atom. The summed E-state index contributed by atoms with van der Waals surface area (Å²) in [6.07, 6.45) is -0.390. The van der Waals surface area contributed by atoms with E-state index in [1.807, 2.05) is 62.4 Å². The Morgan fingerprint density at radius 3 is 2.13 bits per heavy atom. The van der Waals surface area contributed by atoms with Crippen molar-refractivity contribution in [2.24, 2.45) is 0 Å². The fourth-order valence-corrected chi connectivity index (χ4v) is 2.26. The van der Waals surface area contributed by atoms with E-state index < -0.39 is 6.10 Å². The van der Waals surface area contributed by atoms with Crippen molar-refractivity contribution in [2.45, 2.75) is 32.6 Å². The number of rotatable bonds is 8. The lowest BCUT2D eigenvalue weighted by atomic mass is 10.1. The van der Waals surface area contributed by atoms with E-state index in [1.165, 1.54) is 0 Å². The number of nitrogens with one attached hydrogen (secondary N) is 1. The van der Waals surface area contributed by atoms with Crippen molar-refractivity contribution in [1.29, 1.82) is 0 Å². The summed E-state index contributed by atoms with van der Waals surface area (Å²) in [5, 5.41) is 13.5. The van der Waals surface area contributed by atoms with Crippen LogP contribution in [-0.4, -0.2) is 24.9 Å². The van der Waals surface area contributed by atoms with Gasteiger partial charge >= 0.3 is 0 Å². The quantitative estimate of drug-likeness (QED) is 0.785. The molecule has 0 heterocycles. The topological polar surface area (TPSA) is 50.7 Å². The molecule has 0 radical (unpaired) electrons. The van der Waals surface area contributed by atoms with Gasteiger partial charge in [0.15, 0.2) is 0 Å². The fraction of sp³-hybridized carbons (Fsp3) is 0.368. The van der Waals surface area contributed by atoms with Gasteiger partial charge in [-0.1, -0.05) is 24.3 Å². The smallest absolute Gasteiger partial charge is 0.119 e. The van der Waals surface area contributed by atoms with Crippen LogP contribution in [0.1, 0.15) is 31.1 Å². The number of aliphatic hydroxyl groups is 1. The van der Waals surface area contributed by atoms with Crippen LogP contribution in [0.5, 0.6) is 11.5 Å². The second kappa shape index (κ2) is 8.56. The van der Waals surface area contributed by atoms with Crippen LogP contribution in [0.25, 0.3) is 0 Å². The summed E-state index contributed by atoms with van der Waals surface area (Å²) >= 11 is 0. The molecule has 0 fully saturated rings. The van der Waals surface area contributed by atoms with E-state index in [4.69, 9.17) is 9.47 Å². The Morgan fingerprint density at radius 1 is 0.957 bits per heavy atom. The number of hydrogen-bond donors (Lipinski definition) is 2. The second-order valence-electron chi connectivity index (χ2n) is 5.73.